The van der Waals surface area contributed by atoms with Crippen molar-refractivity contribution < 1.29 is 23.9 Å². The number of ether oxygens (including phenoxy) is 2. The van der Waals surface area contributed by atoms with Crippen LogP contribution in [0.5, 0.6) is 5.75 Å². The number of benzene rings is 1. The summed E-state index contributed by atoms with van der Waals surface area (Å²) in [5.41, 5.74) is 0.922. The molecule has 0 radical (unpaired) electrons. The number of urea groups is 1. The molecule has 3 aliphatic rings. The predicted molar refractivity (Wildman–Crippen MR) is 108 cm³/mol. The lowest BCUT2D eigenvalue weighted by atomic mass is 10.1. The molecule has 0 saturated carbocycles. The van der Waals surface area contributed by atoms with Crippen molar-refractivity contribution in [1.29, 1.82) is 0 Å². The summed E-state index contributed by atoms with van der Waals surface area (Å²) >= 11 is 0. The Hall–Kier alpha value is -2.85. The number of rotatable bonds is 5. The van der Waals surface area contributed by atoms with E-state index in [1.165, 1.54) is 4.90 Å². The average Bonchev–Trinajstić information content (AvgIpc) is 3.15. The van der Waals surface area contributed by atoms with Crippen molar-refractivity contribution in [3.8, 4) is 5.75 Å². The fourth-order valence-corrected chi connectivity index (χ4v) is 4.51. The van der Waals surface area contributed by atoms with E-state index in [9.17, 15) is 14.4 Å². The van der Waals surface area contributed by atoms with Crippen LogP contribution in [-0.4, -0.2) is 91.5 Å². The number of carbonyl (C=O) groups is 3. The highest BCUT2D eigenvalue weighted by Gasteiger charge is 2.56. The lowest BCUT2D eigenvalue weighted by Gasteiger charge is -2.43. The van der Waals surface area contributed by atoms with Crippen LogP contribution in [0, 0.1) is 0 Å². The standard InChI is InChI=1S/C20H27N5O5/c1-4-30-15(26)12-25-18(27)16-17(22(2)20(25)28)21-19-23(10-7-11-24(16)19)13-8-5-6-9-14(13)29-3/h5-6,8-9,16-17,19,21H,4,7,10-12H2,1-3H3. The third-order valence-electron chi connectivity index (χ3n) is 5.86. The van der Waals surface area contributed by atoms with Crippen LogP contribution in [0.15, 0.2) is 24.3 Å². The van der Waals surface area contributed by atoms with Crippen molar-refractivity contribution >= 4 is 23.6 Å². The minimum absolute atomic E-state index is 0.195. The van der Waals surface area contributed by atoms with Crippen LogP contribution in [0.25, 0.3) is 0 Å². The molecule has 0 bridgehead atoms. The van der Waals surface area contributed by atoms with Crippen molar-refractivity contribution in [2.24, 2.45) is 0 Å². The van der Waals surface area contributed by atoms with Crippen LogP contribution < -0.4 is 15.0 Å². The zero-order valence-electron chi connectivity index (χ0n) is 17.4. The van der Waals surface area contributed by atoms with Gasteiger partial charge >= 0.3 is 12.0 Å². The summed E-state index contributed by atoms with van der Waals surface area (Å²) < 4.78 is 10.5. The van der Waals surface area contributed by atoms with Crippen molar-refractivity contribution in [1.82, 2.24) is 20.0 Å². The number of para-hydroxylation sites is 2. The molecule has 30 heavy (non-hydrogen) atoms. The Labute approximate surface area is 175 Å². The number of nitrogens with one attached hydrogen (secondary N) is 1. The van der Waals surface area contributed by atoms with Crippen molar-refractivity contribution in [2.45, 2.75) is 31.8 Å². The highest BCUT2D eigenvalue weighted by Crippen LogP contribution is 2.36. The first-order valence-electron chi connectivity index (χ1n) is 10.1. The van der Waals surface area contributed by atoms with E-state index in [-0.39, 0.29) is 25.3 Å². The number of methoxy groups -OCH3 is 1. The third-order valence-corrected chi connectivity index (χ3v) is 5.86. The first-order chi connectivity index (χ1) is 14.5. The molecule has 10 nitrogen and oxygen atoms in total. The molecular weight excluding hydrogens is 390 g/mol. The van der Waals surface area contributed by atoms with E-state index >= 15 is 0 Å². The van der Waals surface area contributed by atoms with Crippen molar-refractivity contribution in [2.75, 3.05) is 45.3 Å². The van der Waals surface area contributed by atoms with E-state index in [0.717, 1.165) is 29.3 Å². The second kappa shape index (κ2) is 8.11. The molecule has 1 aromatic carbocycles. The van der Waals surface area contributed by atoms with E-state index in [1.54, 1.807) is 21.1 Å². The molecule has 162 valence electrons. The number of fused-ring (bicyclic) bond motifs is 3. The minimum atomic E-state index is -0.595. The molecule has 3 fully saturated rings. The van der Waals surface area contributed by atoms with E-state index in [4.69, 9.17) is 9.47 Å². The molecule has 0 spiro atoms. The number of carbonyl (C=O) groups excluding carboxylic acids is 3. The number of amides is 3. The summed E-state index contributed by atoms with van der Waals surface area (Å²) in [6, 6.07) is 6.65. The fraction of sp³-hybridized carbons (Fsp3) is 0.550. The van der Waals surface area contributed by atoms with Gasteiger partial charge in [-0.2, -0.15) is 0 Å². The van der Waals surface area contributed by atoms with E-state index in [2.05, 4.69) is 15.1 Å². The van der Waals surface area contributed by atoms with Gasteiger partial charge in [0.1, 0.15) is 30.8 Å². The van der Waals surface area contributed by atoms with Gasteiger partial charge in [-0.3, -0.25) is 24.7 Å². The van der Waals surface area contributed by atoms with Crippen LogP contribution in [0.3, 0.4) is 0 Å². The molecule has 3 amide bonds. The highest BCUT2D eigenvalue weighted by atomic mass is 16.5. The third kappa shape index (κ3) is 3.25. The number of esters is 1. The maximum Gasteiger partial charge on any atom is 0.328 e. The number of hydrogen-bond donors (Lipinski definition) is 1. The van der Waals surface area contributed by atoms with Crippen LogP contribution in [0.2, 0.25) is 0 Å². The van der Waals surface area contributed by atoms with Crippen LogP contribution >= 0.6 is 0 Å². The topological polar surface area (TPSA) is 94.7 Å². The molecule has 1 aromatic rings. The summed E-state index contributed by atoms with van der Waals surface area (Å²) in [5, 5.41) is 3.44. The molecule has 3 saturated heterocycles. The second-order valence-corrected chi connectivity index (χ2v) is 7.51. The van der Waals surface area contributed by atoms with Gasteiger partial charge in [-0.1, -0.05) is 12.1 Å². The molecule has 3 heterocycles. The van der Waals surface area contributed by atoms with Crippen LogP contribution in [0.4, 0.5) is 10.5 Å². The normalized spacial score (nSPS) is 26.5. The first-order valence-corrected chi connectivity index (χ1v) is 10.1. The zero-order chi connectivity index (χ0) is 21.4. The lowest BCUT2D eigenvalue weighted by molar-refractivity contribution is -0.151. The highest BCUT2D eigenvalue weighted by molar-refractivity contribution is 6.02. The average molecular weight is 417 g/mol. The molecule has 3 aliphatic heterocycles. The van der Waals surface area contributed by atoms with E-state index < -0.39 is 24.2 Å². The summed E-state index contributed by atoms with van der Waals surface area (Å²) in [5.74, 6) is -0.230. The molecule has 0 aromatic heterocycles. The number of hydrogen-bond acceptors (Lipinski definition) is 8. The van der Waals surface area contributed by atoms with Crippen molar-refractivity contribution in [3.05, 3.63) is 24.3 Å². The van der Waals surface area contributed by atoms with Gasteiger partial charge < -0.3 is 19.3 Å². The molecular formula is C20H27N5O5. The maximum absolute atomic E-state index is 13.3. The second-order valence-electron chi connectivity index (χ2n) is 7.51. The summed E-state index contributed by atoms with van der Waals surface area (Å²) in [6.07, 6.45) is 0.0953. The van der Waals surface area contributed by atoms with Gasteiger partial charge in [0, 0.05) is 20.1 Å². The van der Waals surface area contributed by atoms with Gasteiger partial charge in [-0.05, 0) is 25.5 Å². The number of likely N-dealkylation sites (N-methyl/N-ethyl adjacent to an activating group) is 1. The monoisotopic (exact) mass is 417 g/mol. The van der Waals surface area contributed by atoms with Gasteiger partial charge in [0.05, 0.1) is 19.4 Å². The van der Waals surface area contributed by atoms with Crippen LogP contribution in [0.1, 0.15) is 13.3 Å². The smallest absolute Gasteiger partial charge is 0.328 e. The Morgan fingerprint density at radius 1 is 1.23 bits per heavy atom. The van der Waals surface area contributed by atoms with Gasteiger partial charge in [-0.25, -0.2) is 4.79 Å². The number of imide groups is 1. The van der Waals surface area contributed by atoms with Gasteiger partial charge in [0.15, 0.2) is 0 Å². The van der Waals surface area contributed by atoms with Crippen LogP contribution in [-0.2, 0) is 14.3 Å². The molecule has 1 N–H and O–H groups in total. The van der Waals surface area contributed by atoms with Gasteiger partial charge in [0.2, 0.25) is 0 Å². The summed E-state index contributed by atoms with van der Waals surface area (Å²) in [7, 11) is 3.27. The summed E-state index contributed by atoms with van der Waals surface area (Å²) in [4.78, 5) is 44.7. The van der Waals surface area contributed by atoms with E-state index in [1.807, 2.05) is 24.3 Å². The zero-order valence-corrected chi connectivity index (χ0v) is 17.4. The van der Waals surface area contributed by atoms with Gasteiger partial charge in [0.25, 0.3) is 5.91 Å². The Kier molecular flexibility index (Phi) is 5.52. The largest absolute Gasteiger partial charge is 0.495 e. The number of nitrogens with zero attached hydrogens (tertiary/aromatic N) is 4. The molecule has 4 rings (SSSR count). The Balaban J connectivity index is 1.62. The quantitative estimate of drug-likeness (QED) is 0.682. The van der Waals surface area contributed by atoms with Crippen molar-refractivity contribution in [3.63, 3.8) is 0 Å². The molecule has 3 atom stereocenters. The first kappa shape index (κ1) is 20.4. The molecule has 0 aliphatic carbocycles. The Bertz CT molecular complexity index is 849. The van der Waals surface area contributed by atoms with E-state index in [0.29, 0.717) is 6.54 Å². The number of anilines is 1. The fourth-order valence-electron chi connectivity index (χ4n) is 4.51. The molecule has 10 heteroatoms. The summed E-state index contributed by atoms with van der Waals surface area (Å²) in [6.45, 7) is 2.98. The Morgan fingerprint density at radius 3 is 2.73 bits per heavy atom. The van der Waals surface area contributed by atoms with Gasteiger partial charge in [-0.15, -0.1) is 0 Å². The minimum Gasteiger partial charge on any atom is -0.495 e. The molecule has 3 unspecified atom stereocenters. The maximum atomic E-state index is 13.3. The SMILES string of the molecule is CCOC(=O)CN1C(=O)C2C(NC3N(c4ccccc4OC)CCCN23)N(C)C1=O. The predicted octanol–water partition coefficient (Wildman–Crippen LogP) is 0.246. The Morgan fingerprint density at radius 2 is 2.00 bits per heavy atom. The lowest BCUT2D eigenvalue weighted by Crippen LogP contribution is -2.67.